The smallest absolute Gasteiger partial charge is 0.168 e. The highest BCUT2D eigenvalue weighted by atomic mass is 32.2. The number of pyridine rings is 1. The van der Waals surface area contributed by atoms with Gasteiger partial charge in [0.05, 0.1) is 6.20 Å². The molecule has 0 radical (unpaired) electrons. The molecule has 0 saturated heterocycles. The van der Waals surface area contributed by atoms with Gasteiger partial charge in [-0.05, 0) is 12.7 Å². The number of halogens is 2. The molecule has 1 atom stereocenters. The van der Waals surface area contributed by atoms with Gasteiger partial charge < -0.3 is 5.32 Å². The number of aromatic nitrogens is 1. The molecule has 0 bridgehead atoms. The minimum atomic E-state index is -0.657. The van der Waals surface area contributed by atoms with Gasteiger partial charge in [-0.15, -0.1) is 0 Å². The Kier molecular flexibility index (Phi) is 4.81. The number of thioether (sulfide) groups is 1. The molecule has 5 heteroatoms. The molecule has 84 valence electrons. The molecule has 1 N–H and O–H groups in total. The van der Waals surface area contributed by atoms with E-state index in [-0.39, 0.29) is 11.9 Å². The van der Waals surface area contributed by atoms with Crippen LogP contribution in [0.5, 0.6) is 0 Å². The quantitative estimate of drug-likeness (QED) is 0.845. The van der Waals surface area contributed by atoms with Crippen LogP contribution in [0.4, 0.5) is 14.6 Å². The second-order valence-corrected chi connectivity index (χ2v) is 4.10. The monoisotopic (exact) mass is 232 g/mol. The van der Waals surface area contributed by atoms with Crippen LogP contribution in [0.1, 0.15) is 13.3 Å². The number of nitrogens with one attached hydrogen (secondary N) is 1. The molecule has 2 nitrogen and oxygen atoms in total. The predicted molar refractivity (Wildman–Crippen MR) is 60.2 cm³/mol. The molecule has 0 aliphatic carbocycles. The highest BCUT2D eigenvalue weighted by molar-refractivity contribution is 7.98. The zero-order chi connectivity index (χ0) is 11.3. The number of rotatable bonds is 5. The molecule has 1 rings (SSSR count). The third kappa shape index (κ3) is 3.66. The summed E-state index contributed by atoms with van der Waals surface area (Å²) in [7, 11) is 0. The van der Waals surface area contributed by atoms with Crippen LogP contribution in [0.15, 0.2) is 12.3 Å². The predicted octanol–water partition coefficient (Wildman–Crippen LogP) is 2.91. The molecule has 1 heterocycles. The first-order valence-corrected chi connectivity index (χ1v) is 6.13. The number of anilines is 1. The lowest BCUT2D eigenvalue weighted by atomic mass is 10.2. The molecule has 0 amide bonds. The van der Waals surface area contributed by atoms with E-state index in [1.54, 1.807) is 11.8 Å². The van der Waals surface area contributed by atoms with Crippen molar-refractivity contribution in [3.63, 3.8) is 0 Å². The third-order valence-electron chi connectivity index (χ3n) is 2.01. The van der Waals surface area contributed by atoms with Crippen LogP contribution in [-0.2, 0) is 0 Å². The molecule has 0 aromatic carbocycles. The summed E-state index contributed by atoms with van der Waals surface area (Å²) < 4.78 is 25.8. The van der Waals surface area contributed by atoms with Gasteiger partial charge in [-0.25, -0.2) is 13.8 Å². The van der Waals surface area contributed by atoms with Crippen molar-refractivity contribution in [1.29, 1.82) is 0 Å². The molecule has 0 aliphatic rings. The zero-order valence-corrected chi connectivity index (χ0v) is 9.57. The van der Waals surface area contributed by atoms with Crippen LogP contribution >= 0.6 is 11.8 Å². The molecule has 1 aromatic heterocycles. The maximum Gasteiger partial charge on any atom is 0.168 e. The normalized spacial score (nSPS) is 12.5. The van der Waals surface area contributed by atoms with Crippen LogP contribution in [0.2, 0.25) is 0 Å². The Labute approximate surface area is 92.5 Å². The van der Waals surface area contributed by atoms with Crippen LogP contribution in [-0.4, -0.2) is 23.0 Å². The molecule has 0 saturated carbocycles. The molecule has 15 heavy (non-hydrogen) atoms. The Morgan fingerprint density at radius 3 is 2.80 bits per heavy atom. The number of hydrogen-bond acceptors (Lipinski definition) is 3. The third-order valence-corrected chi connectivity index (χ3v) is 2.75. The summed E-state index contributed by atoms with van der Waals surface area (Å²) in [5.74, 6) is -0.308. The topological polar surface area (TPSA) is 24.9 Å². The van der Waals surface area contributed by atoms with Gasteiger partial charge >= 0.3 is 0 Å². The lowest BCUT2D eigenvalue weighted by Gasteiger charge is -2.16. The zero-order valence-electron chi connectivity index (χ0n) is 8.76. The molecule has 1 aromatic rings. The largest absolute Gasteiger partial charge is 0.364 e. The number of nitrogens with zero attached hydrogens (tertiary/aromatic N) is 1. The Morgan fingerprint density at radius 1 is 1.53 bits per heavy atom. The highest BCUT2D eigenvalue weighted by Crippen LogP contribution is 2.14. The number of hydrogen-bond donors (Lipinski definition) is 1. The fraction of sp³-hybridized carbons (Fsp3) is 0.500. The van der Waals surface area contributed by atoms with E-state index >= 15 is 0 Å². The summed E-state index contributed by atoms with van der Waals surface area (Å²) >= 11 is 1.68. The molecule has 0 fully saturated rings. The second kappa shape index (κ2) is 5.90. The van der Waals surface area contributed by atoms with Crippen LogP contribution in [0.3, 0.4) is 0 Å². The van der Waals surface area contributed by atoms with Crippen molar-refractivity contribution in [3.05, 3.63) is 23.9 Å². The van der Waals surface area contributed by atoms with E-state index < -0.39 is 11.6 Å². The highest BCUT2D eigenvalue weighted by Gasteiger charge is 2.10. The van der Waals surface area contributed by atoms with E-state index in [9.17, 15) is 8.78 Å². The van der Waals surface area contributed by atoms with Gasteiger partial charge in [0.25, 0.3) is 0 Å². The first kappa shape index (κ1) is 12.2. The Hall–Kier alpha value is -0.840. The van der Waals surface area contributed by atoms with Crippen molar-refractivity contribution in [2.75, 3.05) is 17.3 Å². The molecule has 1 unspecified atom stereocenters. The van der Waals surface area contributed by atoms with Crippen molar-refractivity contribution >= 4 is 17.6 Å². The first-order valence-electron chi connectivity index (χ1n) is 4.73. The van der Waals surface area contributed by atoms with Gasteiger partial charge in [-0.2, -0.15) is 11.8 Å². The lowest BCUT2D eigenvalue weighted by Crippen LogP contribution is -2.22. The molecular weight excluding hydrogens is 218 g/mol. The van der Waals surface area contributed by atoms with Gasteiger partial charge in [0.1, 0.15) is 5.82 Å². The standard InChI is InChI=1S/C10H14F2N2S/c1-3-8(6-15-2)14-10-9(12)4-7(11)5-13-10/h4-5,8H,3,6H2,1-2H3,(H,13,14). The Bertz CT molecular complexity index is 320. The average Bonchev–Trinajstić information content (AvgIpc) is 2.21. The minimum Gasteiger partial charge on any atom is -0.364 e. The summed E-state index contributed by atoms with van der Waals surface area (Å²) in [4.78, 5) is 3.68. The van der Waals surface area contributed by atoms with Crippen molar-refractivity contribution in [2.45, 2.75) is 19.4 Å². The SMILES string of the molecule is CCC(CSC)Nc1ncc(F)cc1F. The fourth-order valence-electron chi connectivity index (χ4n) is 1.18. The van der Waals surface area contributed by atoms with E-state index in [0.29, 0.717) is 0 Å². The van der Waals surface area contributed by atoms with Crippen molar-refractivity contribution in [1.82, 2.24) is 4.98 Å². The molecule has 0 spiro atoms. The van der Waals surface area contributed by atoms with Gasteiger partial charge in [0.2, 0.25) is 0 Å². The summed E-state index contributed by atoms with van der Waals surface area (Å²) in [5.41, 5.74) is 0. The van der Waals surface area contributed by atoms with Crippen molar-refractivity contribution in [2.24, 2.45) is 0 Å². The van der Waals surface area contributed by atoms with Gasteiger partial charge in [-0.1, -0.05) is 6.92 Å². The van der Waals surface area contributed by atoms with E-state index in [2.05, 4.69) is 10.3 Å². The average molecular weight is 232 g/mol. The summed E-state index contributed by atoms with van der Waals surface area (Å²) in [6.07, 6.45) is 3.87. The second-order valence-electron chi connectivity index (χ2n) is 3.19. The van der Waals surface area contributed by atoms with Crippen molar-refractivity contribution in [3.8, 4) is 0 Å². The summed E-state index contributed by atoms with van der Waals surface area (Å²) in [6, 6.07) is 0.994. The minimum absolute atomic E-state index is 0.123. The van der Waals surface area contributed by atoms with E-state index in [1.165, 1.54) is 0 Å². The van der Waals surface area contributed by atoms with Gasteiger partial charge in [0, 0.05) is 17.9 Å². The Morgan fingerprint density at radius 2 is 2.27 bits per heavy atom. The molecule has 0 aliphatic heterocycles. The van der Waals surface area contributed by atoms with E-state index in [0.717, 1.165) is 24.4 Å². The lowest BCUT2D eigenvalue weighted by molar-refractivity contribution is 0.573. The molecular formula is C10H14F2N2S. The van der Waals surface area contributed by atoms with E-state index in [1.807, 2.05) is 13.2 Å². The van der Waals surface area contributed by atoms with Gasteiger partial charge in [0.15, 0.2) is 11.6 Å². The van der Waals surface area contributed by atoms with Crippen molar-refractivity contribution < 1.29 is 8.78 Å². The van der Waals surface area contributed by atoms with Crippen LogP contribution in [0.25, 0.3) is 0 Å². The fourth-order valence-corrected chi connectivity index (χ4v) is 1.90. The van der Waals surface area contributed by atoms with Crippen LogP contribution in [0, 0.1) is 11.6 Å². The van der Waals surface area contributed by atoms with Gasteiger partial charge in [-0.3, -0.25) is 0 Å². The van der Waals surface area contributed by atoms with Crippen LogP contribution < -0.4 is 5.32 Å². The van der Waals surface area contributed by atoms with E-state index in [4.69, 9.17) is 0 Å². The Balaban J connectivity index is 2.70. The summed E-state index contributed by atoms with van der Waals surface area (Å²) in [5, 5.41) is 2.95. The first-order chi connectivity index (χ1) is 7.17. The maximum atomic E-state index is 13.2. The summed E-state index contributed by atoms with van der Waals surface area (Å²) in [6.45, 7) is 2.01. The maximum absolute atomic E-state index is 13.2.